The molecule has 33 heavy (non-hydrogen) atoms. The molecule has 9 nitrogen and oxygen atoms in total. The summed E-state index contributed by atoms with van der Waals surface area (Å²) in [5, 5.41) is 6.00. The Bertz CT molecular complexity index is 1290. The highest BCUT2D eigenvalue weighted by Crippen LogP contribution is 2.32. The number of sulfonamides is 1. The van der Waals surface area contributed by atoms with Gasteiger partial charge in [-0.25, -0.2) is 23.1 Å². The highest BCUT2D eigenvalue weighted by Gasteiger charge is 2.22. The summed E-state index contributed by atoms with van der Waals surface area (Å²) in [5.74, 6) is 0.237. The Morgan fingerprint density at radius 2 is 1.94 bits per heavy atom. The minimum Gasteiger partial charge on any atom is -0.377 e. The Kier molecular flexibility index (Phi) is 5.79. The largest absolute Gasteiger partial charge is 0.377 e. The summed E-state index contributed by atoms with van der Waals surface area (Å²) >= 11 is 0. The zero-order valence-electron chi connectivity index (χ0n) is 17.7. The van der Waals surface area contributed by atoms with E-state index in [1.165, 1.54) is 12.1 Å². The van der Waals surface area contributed by atoms with Gasteiger partial charge in [0.15, 0.2) is 0 Å². The fourth-order valence-corrected chi connectivity index (χ4v) is 5.00. The molecule has 2 aliphatic heterocycles. The molecule has 0 radical (unpaired) electrons. The van der Waals surface area contributed by atoms with Crippen molar-refractivity contribution in [2.45, 2.75) is 30.3 Å². The van der Waals surface area contributed by atoms with Crippen LogP contribution in [0.1, 0.15) is 18.4 Å². The molecular formula is C23H23N5O4S. The maximum atomic E-state index is 12.5. The van der Waals surface area contributed by atoms with Crippen molar-refractivity contribution in [1.82, 2.24) is 14.7 Å². The molecule has 1 unspecified atom stereocenters. The van der Waals surface area contributed by atoms with Gasteiger partial charge in [0.2, 0.25) is 21.9 Å². The second kappa shape index (κ2) is 8.89. The number of fused-ring (bicyclic) bond motifs is 3. The fourth-order valence-electron chi connectivity index (χ4n) is 3.93. The molecule has 0 saturated carbocycles. The molecule has 5 rings (SSSR count). The summed E-state index contributed by atoms with van der Waals surface area (Å²) in [7, 11) is -3.62. The lowest BCUT2D eigenvalue weighted by molar-refractivity contribution is -0.115. The van der Waals surface area contributed by atoms with Crippen LogP contribution >= 0.6 is 0 Å². The predicted molar refractivity (Wildman–Crippen MR) is 124 cm³/mol. The summed E-state index contributed by atoms with van der Waals surface area (Å²) < 4.78 is 33.2. The summed E-state index contributed by atoms with van der Waals surface area (Å²) in [6.45, 7) is 0.945. The van der Waals surface area contributed by atoms with E-state index >= 15 is 0 Å². The highest BCUT2D eigenvalue weighted by atomic mass is 32.2. The molecule has 3 N–H and O–H groups in total. The lowest BCUT2D eigenvalue weighted by Gasteiger charge is -2.12. The Morgan fingerprint density at radius 1 is 1.12 bits per heavy atom. The lowest BCUT2D eigenvalue weighted by Crippen LogP contribution is -2.31. The van der Waals surface area contributed by atoms with Crippen molar-refractivity contribution in [3.05, 3.63) is 60.3 Å². The number of nitrogens with one attached hydrogen (secondary N) is 3. The first-order chi connectivity index (χ1) is 16.0. The quantitative estimate of drug-likeness (QED) is 0.512. The van der Waals surface area contributed by atoms with Crippen molar-refractivity contribution < 1.29 is 17.9 Å². The van der Waals surface area contributed by atoms with Gasteiger partial charge in [-0.05, 0) is 43.2 Å². The molecule has 3 aromatic rings. The van der Waals surface area contributed by atoms with E-state index in [0.717, 1.165) is 24.0 Å². The molecule has 10 heteroatoms. The zero-order valence-corrected chi connectivity index (χ0v) is 18.6. The van der Waals surface area contributed by atoms with Crippen molar-refractivity contribution >= 4 is 33.3 Å². The minimum atomic E-state index is -3.62. The maximum Gasteiger partial charge on any atom is 0.240 e. The van der Waals surface area contributed by atoms with E-state index in [4.69, 9.17) is 4.74 Å². The normalized spacial score (nSPS) is 17.6. The first-order valence-corrected chi connectivity index (χ1v) is 12.2. The number of carbonyl (C=O) groups excluding carboxylic acids is 1. The molecule has 3 heterocycles. The van der Waals surface area contributed by atoms with E-state index < -0.39 is 10.0 Å². The number of carbonyl (C=O) groups is 1. The van der Waals surface area contributed by atoms with Gasteiger partial charge < -0.3 is 15.4 Å². The molecular weight excluding hydrogens is 442 g/mol. The average Bonchev–Trinajstić information content (AvgIpc) is 3.29. The van der Waals surface area contributed by atoms with Crippen molar-refractivity contribution in [2.24, 2.45) is 0 Å². The standard InChI is InChI=1S/C23H23N5O4S/c29-21-12-15-13-24-23(28-22(15)19-5-1-2-6-20(19)27-21)26-16-7-9-18(10-8-16)33(30,31)25-14-17-4-3-11-32-17/h1-2,5-10,13,17,25H,3-4,11-12,14H2,(H,27,29)(H,24,26,28). The van der Waals surface area contributed by atoms with Crippen LogP contribution in [0.5, 0.6) is 0 Å². The Morgan fingerprint density at radius 3 is 2.73 bits per heavy atom. The molecule has 2 aliphatic rings. The molecule has 170 valence electrons. The first kappa shape index (κ1) is 21.5. The summed E-state index contributed by atoms with van der Waals surface area (Å²) in [6.07, 6.45) is 3.58. The minimum absolute atomic E-state index is 0.0679. The molecule has 0 aliphatic carbocycles. The second-order valence-electron chi connectivity index (χ2n) is 7.97. The number of hydrogen-bond acceptors (Lipinski definition) is 7. The van der Waals surface area contributed by atoms with Crippen LogP contribution in [0.2, 0.25) is 0 Å². The zero-order chi connectivity index (χ0) is 22.8. The van der Waals surface area contributed by atoms with Gasteiger partial charge in [-0.15, -0.1) is 0 Å². The van der Waals surface area contributed by atoms with Gasteiger partial charge in [0.25, 0.3) is 0 Å². The number of hydrogen-bond donors (Lipinski definition) is 3. The third kappa shape index (κ3) is 4.72. The van der Waals surface area contributed by atoms with Gasteiger partial charge in [0, 0.05) is 36.2 Å². The number of rotatable bonds is 6. The van der Waals surface area contributed by atoms with Gasteiger partial charge in [0.05, 0.1) is 28.8 Å². The molecule has 0 bridgehead atoms. The van der Waals surface area contributed by atoms with E-state index in [-0.39, 0.29) is 29.9 Å². The van der Waals surface area contributed by atoms with E-state index in [1.54, 1.807) is 18.3 Å². The third-order valence-corrected chi connectivity index (χ3v) is 7.06. The van der Waals surface area contributed by atoms with Crippen LogP contribution < -0.4 is 15.4 Å². The van der Waals surface area contributed by atoms with Crippen LogP contribution in [-0.4, -0.2) is 43.5 Å². The third-order valence-electron chi connectivity index (χ3n) is 5.62. The molecule has 1 saturated heterocycles. The number of ether oxygens (including phenoxy) is 1. The number of para-hydroxylation sites is 1. The van der Waals surface area contributed by atoms with Crippen LogP contribution in [0.25, 0.3) is 11.3 Å². The molecule has 1 fully saturated rings. The lowest BCUT2D eigenvalue weighted by atomic mass is 10.1. The number of benzene rings is 2. The van der Waals surface area contributed by atoms with E-state index in [2.05, 4.69) is 25.3 Å². The summed E-state index contributed by atoms with van der Waals surface area (Å²) in [6, 6.07) is 13.9. The smallest absolute Gasteiger partial charge is 0.240 e. The van der Waals surface area contributed by atoms with Gasteiger partial charge in [-0.2, -0.15) is 0 Å². The molecule has 1 aromatic heterocycles. The van der Waals surface area contributed by atoms with Crippen molar-refractivity contribution in [1.29, 1.82) is 0 Å². The summed E-state index contributed by atoms with van der Waals surface area (Å²) in [4.78, 5) is 21.3. The van der Waals surface area contributed by atoms with Crippen LogP contribution in [0, 0.1) is 0 Å². The van der Waals surface area contributed by atoms with Crippen LogP contribution in [0.15, 0.2) is 59.6 Å². The van der Waals surface area contributed by atoms with Crippen molar-refractivity contribution in [3.63, 3.8) is 0 Å². The van der Waals surface area contributed by atoms with Crippen LogP contribution in [0.3, 0.4) is 0 Å². The van der Waals surface area contributed by atoms with Gasteiger partial charge in [-0.3, -0.25) is 4.79 Å². The van der Waals surface area contributed by atoms with Gasteiger partial charge >= 0.3 is 0 Å². The Hall–Kier alpha value is -3.34. The van der Waals surface area contributed by atoms with Crippen molar-refractivity contribution in [3.8, 4) is 11.3 Å². The van der Waals surface area contributed by atoms with Crippen molar-refractivity contribution in [2.75, 3.05) is 23.8 Å². The maximum absolute atomic E-state index is 12.5. The topological polar surface area (TPSA) is 122 Å². The number of anilines is 3. The molecule has 1 atom stereocenters. The SMILES string of the molecule is O=C1Cc2cnc(Nc3ccc(S(=O)(=O)NCC4CCCO4)cc3)nc2-c2ccccc2N1. The summed E-state index contributed by atoms with van der Waals surface area (Å²) in [5.41, 5.74) is 3.59. The van der Waals surface area contributed by atoms with E-state index in [0.29, 0.717) is 29.6 Å². The number of amides is 1. The molecule has 0 spiro atoms. The van der Waals surface area contributed by atoms with Crippen LogP contribution in [-0.2, 0) is 26.0 Å². The fraction of sp³-hybridized carbons (Fsp3) is 0.261. The highest BCUT2D eigenvalue weighted by molar-refractivity contribution is 7.89. The number of aromatic nitrogens is 2. The predicted octanol–water partition coefficient (Wildman–Crippen LogP) is 2.84. The molecule has 2 aromatic carbocycles. The van der Waals surface area contributed by atoms with Crippen LogP contribution in [0.4, 0.5) is 17.3 Å². The Labute approximate surface area is 191 Å². The van der Waals surface area contributed by atoms with Gasteiger partial charge in [-0.1, -0.05) is 18.2 Å². The average molecular weight is 466 g/mol. The second-order valence-corrected chi connectivity index (χ2v) is 9.74. The van der Waals surface area contributed by atoms with E-state index in [1.807, 2.05) is 24.3 Å². The monoisotopic (exact) mass is 465 g/mol. The van der Waals surface area contributed by atoms with E-state index in [9.17, 15) is 13.2 Å². The van der Waals surface area contributed by atoms with Gasteiger partial charge in [0.1, 0.15) is 0 Å². The molecule has 1 amide bonds. The first-order valence-electron chi connectivity index (χ1n) is 10.7. The number of nitrogens with zero attached hydrogens (tertiary/aromatic N) is 2. The Balaban J connectivity index is 1.33.